The first-order chi connectivity index (χ1) is 9.16. The zero-order valence-electron chi connectivity index (χ0n) is 11.3. The predicted octanol–water partition coefficient (Wildman–Crippen LogP) is 3.84. The standard InChI is InChI=1S/C15H21BrO3/c1-11(17)14-7-6-12(16)10-15(14)19-9-3-5-13-4-2-8-18-13/h6-7,10-11,13,17H,2-5,8-9H2,1H3/t11-,13?/m1/s1. The zero-order chi connectivity index (χ0) is 13.7. The Kier molecular flexibility index (Phi) is 5.67. The van der Waals surface area contributed by atoms with E-state index in [9.17, 15) is 5.11 Å². The average Bonchev–Trinajstić information content (AvgIpc) is 2.87. The summed E-state index contributed by atoms with van der Waals surface area (Å²) in [4.78, 5) is 0. The Morgan fingerprint density at radius 1 is 1.53 bits per heavy atom. The Morgan fingerprint density at radius 3 is 3.05 bits per heavy atom. The molecule has 1 unspecified atom stereocenters. The third-order valence-corrected chi connectivity index (χ3v) is 3.87. The molecule has 3 nitrogen and oxygen atoms in total. The van der Waals surface area contributed by atoms with Crippen LogP contribution in [0.3, 0.4) is 0 Å². The van der Waals surface area contributed by atoms with Gasteiger partial charge in [-0.1, -0.05) is 22.0 Å². The molecule has 1 aliphatic rings. The molecule has 0 saturated carbocycles. The first-order valence-electron chi connectivity index (χ1n) is 6.88. The molecule has 1 heterocycles. The third kappa shape index (κ3) is 4.48. The van der Waals surface area contributed by atoms with E-state index < -0.39 is 6.10 Å². The third-order valence-electron chi connectivity index (χ3n) is 3.38. The summed E-state index contributed by atoms with van der Waals surface area (Å²) in [7, 11) is 0. The minimum absolute atomic E-state index is 0.419. The van der Waals surface area contributed by atoms with Crippen molar-refractivity contribution in [1.29, 1.82) is 0 Å². The molecular weight excluding hydrogens is 308 g/mol. The maximum absolute atomic E-state index is 9.71. The van der Waals surface area contributed by atoms with Gasteiger partial charge in [0.2, 0.25) is 0 Å². The molecule has 0 bridgehead atoms. The van der Waals surface area contributed by atoms with E-state index >= 15 is 0 Å². The smallest absolute Gasteiger partial charge is 0.126 e. The molecular formula is C15H21BrO3. The molecule has 1 aliphatic heterocycles. The summed E-state index contributed by atoms with van der Waals surface area (Å²) in [5.74, 6) is 0.761. The summed E-state index contributed by atoms with van der Waals surface area (Å²) in [6.45, 7) is 3.32. The lowest BCUT2D eigenvalue weighted by atomic mass is 10.1. The van der Waals surface area contributed by atoms with Crippen LogP contribution in [0.4, 0.5) is 0 Å². The van der Waals surface area contributed by atoms with Crippen molar-refractivity contribution in [3.05, 3.63) is 28.2 Å². The number of benzene rings is 1. The lowest BCUT2D eigenvalue weighted by Gasteiger charge is -2.15. The molecule has 2 rings (SSSR count). The van der Waals surface area contributed by atoms with Crippen molar-refractivity contribution >= 4 is 15.9 Å². The lowest BCUT2D eigenvalue weighted by Crippen LogP contribution is -2.08. The molecule has 0 aliphatic carbocycles. The highest BCUT2D eigenvalue weighted by Gasteiger charge is 2.15. The van der Waals surface area contributed by atoms with Crippen molar-refractivity contribution in [2.75, 3.05) is 13.2 Å². The van der Waals surface area contributed by atoms with Gasteiger partial charge in [0.1, 0.15) is 5.75 Å². The van der Waals surface area contributed by atoms with Crippen LogP contribution in [-0.4, -0.2) is 24.4 Å². The van der Waals surface area contributed by atoms with E-state index in [0.29, 0.717) is 12.7 Å². The van der Waals surface area contributed by atoms with Gasteiger partial charge >= 0.3 is 0 Å². The van der Waals surface area contributed by atoms with Gasteiger partial charge in [-0.05, 0) is 44.7 Å². The first-order valence-corrected chi connectivity index (χ1v) is 7.68. The van der Waals surface area contributed by atoms with E-state index in [0.717, 1.165) is 35.2 Å². The monoisotopic (exact) mass is 328 g/mol. The molecule has 1 fully saturated rings. The first kappa shape index (κ1) is 14.8. The highest BCUT2D eigenvalue weighted by atomic mass is 79.9. The van der Waals surface area contributed by atoms with Crippen molar-refractivity contribution in [1.82, 2.24) is 0 Å². The molecule has 1 aromatic carbocycles. The topological polar surface area (TPSA) is 38.7 Å². The minimum Gasteiger partial charge on any atom is -0.493 e. The fraction of sp³-hybridized carbons (Fsp3) is 0.600. The quantitative estimate of drug-likeness (QED) is 0.806. The molecule has 1 aromatic rings. The summed E-state index contributed by atoms with van der Waals surface area (Å²) in [5, 5.41) is 9.71. The molecule has 1 N–H and O–H groups in total. The van der Waals surface area contributed by atoms with Crippen LogP contribution in [-0.2, 0) is 4.74 Å². The predicted molar refractivity (Wildman–Crippen MR) is 78.5 cm³/mol. The largest absolute Gasteiger partial charge is 0.493 e. The van der Waals surface area contributed by atoms with Crippen LogP contribution in [0.2, 0.25) is 0 Å². The second-order valence-corrected chi connectivity index (χ2v) is 5.90. The molecule has 0 aromatic heterocycles. The van der Waals surface area contributed by atoms with Crippen molar-refractivity contribution in [3.63, 3.8) is 0 Å². The SMILES string of the molecule is C[C@@H](O)c1ccc(Br)cc1OCCCC1CCCO1. The number of aliphatic hydroxyl groups excluding tert-OH is 1. The van der Waals surface area contributed by atoms with Crippen molar-refractivity contribution in [2.24, 2.45) is 0 Å². The molecule has 19 heavy (non-hydrogen) atoms. The zero-order valence-corrected chi connectivity index (χ0v) is 12.9. The summed E-state index contributed by atoms with van der Waals surface area (Å²) in [5.41, 5.74) is 0.834. The van der Waals surface area contributed by atoms with Crippen LogP contribution in [0.5, 0.6) is 5.75 Å². The lowest BCUT2D eigenvalue weighted by molar-refractivity contribution is 0.0978. The summed E-state index contributed by atoms with van der Waals surface area (Å²) >= 11 is 3.43. The summed E-state index contributed by atoms with van der Waals surface area (Å²) in [6, 6.07) is 5.72. The van der Waals surface area contributed by atoms with Crippen LogP contribution in [0, 0.1) is 0 Å². The average molecular weight is 329 g/mol. The fourth-order valence-electron chi connectivity index (χ4n) is 2.34. The Labute approximate surface area is 123 Å². The van der Waals surface area contributed by atoms with Crippen molar-refractivity contribution < 1.29 is 14.6 Å². The molecule has 2 atom stereocenters. The van der Waals surface area contributed by atoms with E-state index in [2.05, 4.69) is 15.9 Å². The molecule has 0 amide bonds. The maximum Gasteiger partial charge on any atom is 0.126 e. The summed E-state index contributed by atoms with van der Waals surface area (Å²) in [6.07, 6.45) is 4.30. The number of hydrogen-bond acceptors (Lipinski definition) is 3. The summed E-state index contributed by atoms with van der Waals surface area (Å²) < 4.78 is 12.3. The van der Waals surface area contributed by atoms with Crippen LogP contribution < -0.4 is 4.74 Å². The number of hydrogen-bond donors (Lipinski definition) is 1. The van der Waals surface area contributed by atoms with Crippen LogP contribution in [0.1, 0.15) is 44.3 Å². The fourth-order valence-corrected chi connectivity index (χ4v) is 2.68. The number of halogens is 1. The molecule has 0 spiro atoms. The van der Waals surface area contributed by atoms with E-state index in [-0.39, 0.29) is 0 Å². The second kappa shape index (κ2) is 7.27. The molecule has 106 valence electrons. The van der Waals surface area contributed by atoms with Gasteiger partial charge in [-0.2, -0.15) is 0 Å². The van der Waals surface area contributed by atoms with Crippen molar-refractivity contribution in [2.45, 2.75) is 44.8 Å². The van der Waals surface area contributed by atoms with Gasteiger partial charge in [0.15, 0.2) is 0 Å². The number of aliphatic hydroxyl groups is 1. The van der Waals surface area contributed by atoms with Gasteiger partial charge < -0.3 is 14.6 Å². The molecule has 4 heteroatoms. The molecule has 1 saturated heterocycles. The van der Waals surface area contributed by atoms with Crippen molar-refractivity contribution in [3.8, 4) is 5.75 Å². The highest BCUT2D eigenvalue weighted by Crippen LogP contribution is 2.29. The van der Waals surface area contributed by atoms with Gasteiger partial charge in [-0.25, -0.2) is 0 Å². The number of ether oxygens (including phenoxy) is 2. The maximum atomic E-state index is 9.71. The van der Waals surface area contributed by atoms with Crippen LogP contribution in [0.25, 0.3) is 0 Å². The Morgan fingerprint density at radius 2 is 2.37 bits per heavy atom. The van der Waals surface area contributed by atoms with Gasteiger partial charge in [-0.15, -0.1) is 0 Å². The number of rotatable bonds is 6. The molecule has 0 radical (unpaired) electrons. The second-order valence-electron chi connectivity index (χ2n) is 4.98. The minimum atomic E-state index is -0.513. The van der Waals surface area contributed by atoms with Gasteiger partial charge in [0.25, 0.3) is 0 Å². The Bertz CT molecular complexity index is 400. The normalized spacial score (nSPS) is 20.5. The van der Waals surface area contributed by atoms with Crippen LogP contribution in [0.15, 0.2) is 22.7 Å². The Hall–Kier alpha value is -0.580. The van der Waals surface area contributed by atoms with E-state index in [1.54, 1.807) is 6.92 Å². The Balaban J connectivity index is 1.82. The van der Waals surface area contributed by atoms with Crippen LogP contribution >= 0.6 is 15.9 Å². The van der Waals surface area contributed by atoms with Gasteiger partial charge in [0, 0.05) is 16.6 Å². The highest BCUT2D eigenvalue weighted by molar-refractivity contribution is 9.10. The van der Waals surface area contributed by atoms with Gasteiger partial charge in [-0.3, -0.25) is 0 Å². The van der Waals surface area contributed by atoms with E-state index in [1.165, 1.54) is 12.8 Å². The van der Waals surface area contributed by atoms with Gasteiger partial charge in [0.05, 0.1) is 18.8 Å². The van der Waals surface area contributed by atoms with E-state index in [4.69, 9.17) is 9.47 Å². The van der Waals surface area contributed by atoms with E-state index in [1.807, 2.05) is 18.2 Å².